The van der Waals surface area contributed by atoms with Crippen molar-refractivity contribution in [2.75, 3.05) is 6.61 Å². The molecule has 0 atom stereocenters. The molecule has 2 N–H and O–H groups in total. The molecule has 1 rings (SSSR count). The van der Waals surface area contributed by atoms with E-state index in [0.29, 0.717) is 12.5 Å². The molecule has 0 saturated carbocycles. The van der Waals surface area contributed by atoms with Crippen molar-refractivity contribution in [3.05, 3.63) is 34.9 Å². The molecule has 3 nitrogen and oxygen atoms in total. The van der Waals surface area contributed by atoms with Gasteiger partial charge in [-0.2, -0.15) is 0 Å². The summed E-state index contributed by atoms with van der Waals surface area (Å²) in [5.74, 6) is -2.19. The number of rotatable bonds is 4. The van der Waals surface area contributed by atoms with E-state index in [0.717, 1.165) is 0 Å². The molecular weight excluding hydrogens is 240 g/mol. The number of aliphatic hydroxyl groups excluding tert-OH is 1. The second-order valence-electron chi connectivity index (χ2n) is 4.89. The lowest BCUT2D eigenvalue weighted by Gasteiger charge is -2.25. The van der Waals surface area contributed by atoms with Gasteiger partial charge < -0.3 is 10.4 Å². The number of benzene rings is 1. The summed E-state index contributed by atoms with van der Waals surface area (Å²) in [5, 5.41) is 11.4. The molecule has 1 amide bonds. The van der Waals surface area contributed by atoms with Gasteiger partial charge in [0.05, 0.1) is 5.56 Å². The summed E-state index contributed by atoms with van der Waals surface area (Å²) < 4.78 is 26.6. The fraction of sp³-hybridized carbons (Fsp3) is 0.462. The first-order valence-corrected chi connectivity index (χ1v) is 5.66. The van der Waals surface area contributed by atoms with Gasteiger partial charge in [-0.05, 0) is 38.8 Å². The number of hydrogen-bond donors (Lipinski definition) is 2. The van der Waals surface area contributed by atoms with Crippen LogP contribution in [0.25, 0.3) is 0 Å². The topological polar surface area (TPSA) is 49.3 Å². The Morgan fingerprint density at radius 3 is 2.50 bits per heavy atom. The number of halogens is 2. The molecular formula is C13H17F2NO2. The van der Waals surface area contributed by atoms with Crippen LogP contribution in [0.2, 0.25) is 0 Å². The zero-order valence-corrected chi connectivity index (χ0v) is 10.7. The number of carbonyl (C=O) groups excluding carboxylic acids is 1. The number of nitrogens with one attached hydrogen (secondary N) is 1. The monoisotopic (exact) mass is 257 g/mol. The molecule has 100 valence electrons. The van der Waals surface area contributed by atoms with Gasteiger partial charge in [-0.3, -0.25) is 4.79 Å². The minimum absolute atomic E-state index is 0.0851. The fourth-order valence-corrected chi connectivity index (χ4v) is 1.55. The summed E-state index contributed by atoms with van der Waals surface area (Å²) >= 11 is 0. The Kier molecular flexibility index (Phi) is 4.40. The Morgan fingerprint density at radius 2 is 1.94 bits per heavy atom. The average molecular weight is 257 g/mol. The van der Waals surface area contributed by atoms with Crippen molar-refractivity contribution in [1.82, 2.24) is 5.32 Å². The van der Waals surface area contributed by atoms with Crippen LogP contribution in [0.5, 0.6) is 0 Å². The molecule has 0 heterocycles. The Morgan fingerprint density at radius 1 is 1.33 bits per heavy atom. The van der Waals surface area contributed by atoms with Crippen molar-refractivity contribution in [2.45, 2.75) is 32.7 Å². The van der Waals surface area contributed by atoms with E-state index in [9.17, 15) is 13.6 Å². The Balaban J connectivity index is 2.95. The third kappa shape index (κ3) is 3.50. The van der Waals surface area contributed by atoms with Crippen molar-refractivity contribution in [1.29, 1.82) is 0 Å². The first-order valence-electron chi connectivity index (χ1n) is 5.66. The zero-order chi connectivity index (χ0) is 13.9. The Labute approximate surface area is 105 Å². The summed E-state index contributed by atoms with van der Waals surface area (Å²) in [4.78, 5) is 11.9. The Bertz CT molecular complexity index is 459. The number of hydrogen-bond acceptors (Lipinski definition) is 2. The van der Waals surface area contributed by atoms with Gasteiger partial charge in [-0.1, -0.05) is 0 Å². The standard InChI is InChI=1S/C13H17F2NO2/c1-8-6-9(11(15)7-10(8)14)12(18)16-13(2,3)4-5-17/h6-7,17H,4-5H2,1-3H3,(H,16,18). The van der Waals surface area contributed by atoms with Crippen LogP contribution in [-0.4, -0.2) is 23.2 Å². The van der Waals surface area contributed by atoms with E-state index < -0.39 is 23.1 Å². The fourth-order valence-electron chi connectivity index (χ4n) is 1.55. The molecule has 18 heavy (non-hydrogen) atoms. The average Bonchev–Trinajstić information content (AvgIpc) is 2.22. The zero-order valence-electron chi connectivity index (χ0n) is 10.7. The van der Waals surface area contributed by atoms with Crippen LogP contribution in [-0.2, 0) is 0 Å². The van der Waals surface area contributed by atoms with Gasteiger partial charge in [0.15, 0.2) is 0 Å². The molecule has 0 saturated heterocycles. The normalized spacial score (nSPS) is 11.4. The van der Waals surface area contributed by atoms with Crippen molar-refractivity contribution in [3.8, 4) is 0 Å². The molecule has 1 aromatic carbocycles. The molecule has 0 radical (unpaired) electrons. The van der Waals surface area contributed by atoms with Gasteiger partial charge in [0.2, 0.25) is 0 Å². The van der Waals surface area contributed by atoms with Crippen LogP contribution in [0, 0.1) is 18.6 Å². The van der Waals surface area contributed by atoms with Crippen LogP contribution in [0.4, 0.5) is 8.78 Å². The highest BCUT2D eigenvalue weighted by Crippen LogP contribution is 2.16. The highest BCUT2D eigenvalue weighted by Gasteiger charge is 2.23. The van der Waals surface area contributed by atoms with E-state index in [-0.39, 0.29) is 17.7 Å². The van der Waals surface area contributed by atoms with Crippen molar-refractivity contribution in [2.24, 2.45) is 0 Å². The lowest BCUT2D eigenvalue weighted by Crippen LogP contribution is -2.44. The summed E-state index contributed by atoms with van der Waals surface area (Å²) in [5.41, 5.74) is -0.637. The number of aryl methyl sites for hydroxylation is 1. The Hall–Kier alpha value is -1.49. The maximum absolute atomic E-state index is 13.5. The first-order chi connectivity index (χ1) is 8.26. The van der Waals surface area contributed by atoms with Gasteiger partial charge in [-0.15, -0.1) is 0 Å². The van der Waals surface area contributed by atoms with E-state index in [4.69, 9.17) is 5.11 Å². The van der Waals surface area contributed by atoms with E-state index in [1.165, 1.54) is 13.0 Å². The predicted molar refractivity (Wildman–Crippen MR) is 64.3 cm³/mol. The summed E-state index contributed by atoms with van der Waals surface area (Å²) in [6.45, 7) is 4.81. The number of amides is 1. The van der Waals surface area contributed by atoms with Crippen LogP contribution in [0.15, 0.2) is 12.1 Å². The molecule has 0 aliphatic heterocycles. The first kappa shape index (κ1) is 14.6. The van der Waals surface area contributed by atoms with Gasteiger partial charge in [0, 0.05) is 18.2 Å². The van der Waals surface area contributed by atoms with Gasteiger partial charge in [-0.25, -0.2) is 8.78 Å². The second kappa shape index (κ2) is 5.44. The van der Waals surface area contributed by atoms with Crippen molar-refractivity contribution in [3.63, 3.8) is 0 Å². The van der Waals surface area contributed by atoms with Crippen LogP contribution in [0.3, 0.4) is 0 Å². The van der Waals surface area contributed by atoms with Crippen molar-refractivity contribution >= 4 is 5.91 Å². The molecule has 0 aliphatic carbocycles. The number of carbonyl (C=O) groups is 1. The highest BCUT2D eigenvalue weighted by molar-refractivity contribution is 5.95. The van der Waals surface area contributed by atoms with E-state index in [1.807, 2.05) is 0 Å². The van der Waals surface area contributed by atoms with E-state index in [2.05, 4.69) is 5.32 Å². The second-order valence-corrected chi connectivity index (χ2v) is 4.89. The maximum Gasteiger partial charge on any atom is 0.254 e. The quantitative estimate of drug-likeness (QED) is 0.868. The summed E-state index contributed by atoms with van der Waals surface area (Å²) in [6.07, 6.45) is 0.348. The lowest BCUT2D eigenvalue weighted by atomic mass is 10.00. The minimum atomic E-state index is -0.893. The minimum Gasteiger partial charge on any atom is -0.396 e. The lowest BCUT2D eigenvalue weighted by molar-refractivity contribution is 0.0895. The smallest absolute Gasteiger partial charge is 0.254 e. The maximum atomic E-state index is 13.5. The third-order valence-corrected chi connectivity index (χ3v) is 2.68. The largest absolute Gasteiger partial charge is 0.396 e. The molecule has 0 fully saturated rings. The summed E-state index contributed by atoms with van der Waals surface area (Å²) in [7, 11) is 0. The van der Waals surface area contributed by atoms with Gasteiger partial charge >= 0.3 is 0 Å². The van der Waals surface area contributed by atoms with Gasteiger partial charge in [0.25, 0.3) is 5.91 Å². The van der Waals surface area contributed by atoms with Crippen LogP contribution in [0.1, 0.15) is 36.2 Å². The third-order valence-electron chi connectivity index (χ3n) is 2.68. The van der Waals surface area contributed by atoms with E-state index in [1.54, 1.807) is 13.8 Å². The molecule has 0 spiro atoms. The van der Waals surface area contributed by atoms with Crippen molar-refractivity contribution < 1.29 is 18.7 Å². The highest BCUT2D eigenvalue weighted by atomic mass is 19.1. The SMILES string of the molecule is Cc1cc(C(=O)NC(C)(C)CCO)c(F)cc1F. The van der Waals surface area contributed by atoms with Crippen LogP contribution >= 0.6 is 0 Å². The molecule has 5 heteroatoms. The van der Waals surface area contributed by atoms with Crippen LogP contribution < -0.4 is 5.32 Å². The predicted octanol–water partition coefficient (Wildman–Crippen LogP) is 2.16. The molecule has 0 aliphatic rings. The van der Waals surface area contributed by atoms with Gasteiger partial charge in [0.1, 0.15) is 11.6 Å². The summed E-state index contributed by atoms with van der Waals surface area (Å²) in [6, 6.07) is 1.87. The molecule has 1 aromatic rings. The van der Waals surface area contributed by atoms with E-state index >= 15 is 0 Å². The molecule has 0 aromatic heterocycles. The number of aliphatic hydroxyl groups is 1. The molecule has 0 unspecified atom stereocenters. The molecule has 0 bridgehead atoms.